The third-order valence-corrected chi connectivity index (χ3v) is 7.29. The molecule has 1 saturated heterocycles. The van der Waals surface area contributed by atoms with E-state index in [0.29, 0.717) is 33.4 Å². The molecule has 0 unspecified atom stereocenters. The van der Waals surface area contributed by atoms with Gasteiger partial charge in [-0.2, -0.15) is 0 Å². The number of rotatable bonds is 7. The molecule has 0 bridgehead atoms. The average Bonchev–Trinajstić information content (AvgIpc) is 3.51. The summed E-state index contributed by atoms with van der Waals surface area (Å²) in [6.45, 7) is 3.81. The summed E-state index contributed by atoms with van der Waals surface area (Å²) in [5.41, 5.74) is 4.18. The number of carbonyl (C=O) groups is 2. The molecule has 0 N–H and O–H groups in total. The second-order valence-corrected chi connectivity index (χ2v) is 10.5. The van der Waals surface area contributed by atoms with E-state index < -0.39 is 30.4 Å². The van der Waals surface area contributed by atoms with Crippen molar-refractivity contribution in [3.05, 3.63) is 81.8 Å². The van der Waals surface area contributed by atoms with Crippen molar-refractivity contribution < 1.29 is 23.8 Å². The van der Waals surface area contributed by atoms with Gasteiger partial charge in [0.05, 0.1) is 17.5 Å². The largest absolute Gasteiger partial charge is 0.459 e. The monoisotopic (exact) mass is 596 g/mol. The van der Waals surface area contributed by atoms with E-state index in [1.807, 2.05) is 48.9 Å². The molecule has 196 valence electrons. The van der Waals surface area contributed by atoms with Gasteiger partial charge in [0, 0.05) is 6.42 Å². The molecule has 2 aromatic heterocycles. The van der Waals surface area contributed by atoms with Gasteiger partial charge in [-0.25, -0.2) is 24.5 Å². The number of aryl methyl sites for hydroxylation is 2. The van der Waals surface area contributed by atoms with Crippen LogP contribution in [-0.2, 0) is 14.2 Å². The molecule has 11 heteroatoms. The molecule has 3 atom stereocenters. The van der Waals surface area contributed by atoms with Crippen molar-refractivity contribution in [3.63, 3.8) is 0 Å². The van der Waals surface area contributed by atoms with Crippen LogP contribution in [0.1, 0.15) is 44.5 Å². The Morgan fingerprint density at radius 2 is 1.66 bits per heavy atom. The molecule has 0 saturated carbocycles. The first-order chi connectivity index (χ1) is 18.3. The molecule has 9 nitrogen and oxygen atoms in total. The first kappa shape index (κ1) is 26.3. The molecule has 0 spiro atoms. The first-order valence-electron chi connectivity index (χ1n) is 11.9. The summed E-state index contributed by atoms with van der Waals surface area (Å²) in [4.78, 5) is 38.9. The minimum atomic E-state index is -0.685. The SMILES string of the molecule is CSc1nc(Br)nc2ncn([C@H]3C[C@H](OC(=O)c4ccc(C)cc4)[C@@H](COC(=O)c4ccc(C)cc4)O3)c12. The molecular formula is C27H25BrN4O5S. The predicted octanol–water partition coefficient (Wildman–Crippen LogP) is 5.30. The Balaban J connectivity index is 1.39. The van der Waals surface area contributed by atoms with Gasteiger partial charge in [-0.1, -0.05) is 35.4 Å². The Kier molecular flexibility index (Phi) is 7.78. The number of fused-ring (bicyclic) bond motifs is 1. The molecule has 1 aliphatic heterocycles. The van der Waals surface area contributed by atoms with Crippen molar-refractivity contribution in [1.82, 2.24) is 19.5 Å². The van der Waals surface area contributed by atoms with Crippen LogP contribution < -0.4 is 0 Å². The molecule has 38 heavy (non-hydrogen) atoms. The molecule has 1 aliphatic rings. The standard InChI is InChI=1S/C27H25BrN4O5S/c1-15-4-8-17(9-5-15)25(33)35-13-20-19(37-26(34)18-10-6-16(2)7-11-18)12-21(36-20)32-14-29-23-22(32)24(38-3)31-27(28)30-23/h4-11,14,19-21H,12-13H2,1-3H3/t19-,20+,21+/m0/s1. The van der Waals surface area contributed by atoms with Crippen LogP contribution in [0.2, 0.25) is 0 Å². The number of nitrogens with zero attached hydrogens (tertiary/aromatic N) is 4. The minimum absolute atomic E-state index is 0.0842. The second kappa shape index (κ2) is 11.2. The van der Waals surface area contributed by atoms with Crippen molar-refractivity contribution in [1.29, 1.82) is 0 Å². The summed E-state index contributed by atoms with van der Waals surface area (Å²) < 4.78 is 20.1. The maximum Gasteiger partial charge on any atom is 0.338 e. The van der Waals surface area contributed by atoms with Crippen molar-refractivity contribution >= 4 is 50.8 Å². The first-order valence-corrected chi connectivity index (χ1v) is 13.9. The van der Waals surface area contributed by atoms with Crippen LogP contribution in [0.5, 0.6) is 0 Å². The van der Waals surface area contributed by atoms with Gasteiger partial charge in [0.15, 0.2) is 10.4 Å². The summed E-state index contributed by atoms with van der Waals surface area (Å²) in [6, 6.07) is 14.3. The fraction of sp³-hybridized carbons (Fsp3) is 0.296. The average molecular weight is 597 g/mol. The number of benzene rings is 2. The summed E-state index contributed by atoms with van der Waals surface area (Å²) in [5, 5.41) is 0.727. The molecular weight excluding hydrogens is 572 g/mol. The number of halogens is 1. The lowest BCUT2D eigenvalue weighted by Gasteiger charge is -2.19. The maximum atomic E-state index is 13.0. The second-order valence-electron chi connectivity index (χ2n) is 8.97. The number of hydrogen-bond acceptors (Lipinski definition) is 9. The fourth-order valence-electron chi connectivity index (χ4n) is 4.22. The van der Waals surface area contributed by atoms with Gasteiger partial charge < -0.3 is 14.2 Å². The Morgan fingerprint density at radius 3 is 2.29 bits per heavy atom. The van der Waals surface area contributed by atoms with E-state index in [4.69, 9.17) is 14.2 Å². The summed E-state index contributed by atoms with van der Waals surface area (Å²) in [7, 11) is 0. The van der Waals surface area contributed by atoms with Crippen LogP contribution >= 0.6 is 27.7 Å². The lowest BCUT2D eigenvalue weighted by atomic mass is 10.1. The van der Waals surface area contributed by atoms with E-state index in [-0.39, 0.29) is 6.61 Å². The number of carbonyl (C=O) groups excluding carboxylic acids is 2. The van der Waals surface area contributed by atoms with Gasteiger partial charge >= 0.3 is 11.9 Å². The quantitative estimate of drug-likeness (QED) is 0.122. The van der Waals surface area contributed by atoms with Crippen molar-refractivity contribution in [2.75, 3.05) is 12.9 Å². The van der Waals surface area contributed by atoms with Gasteiger partial charge in [-0.05, 0) is 60.3 Å². The van der Waals surface area contributed by atoms with Crippen LogP contribution in [0.3, 0.4) is 0 Å². The normalized spacial score (nSPS) is 19.0. The topological polar surface area (TPSA) is 105 Å². The lowest BCUT2D eigenvalue weighted by Crippen LogP contribution is -2.32. The predicted molar refractivity (Wildman–Crippen MR) is 145 cm³/mol. The van der Waals surface area contributed by atoms with Crippen molar-refractivity contribution in [2.45, 2.75) is 43.7 Å². The van der Waals surface area contributed by atoms with Crippen LogP contribution in [0.15, 0.2) is 64.6 Å². The highest BCUT2D eigenvalue weighted by atomic mass is 79.9. The van der Waals surface area contributed by atoms with Crippen LogP contribution in [0.4, 0.5) is 0 Å². The van der Waals surface area contributed by atoms with Gasteiger partial charge in [-0.3, -0.25) is 4.57 Å². The lowest BCUT2D eigenvalue weighted by molar-refractivity contribution is -0.0563. The van der Waals surface area contributed by atoms with E-state index in [2.05, 4.69) is 30.9 Å². The minimum Gasteiger partial charge on any atom is -0.459 e. The van der Waals surface area contributed by atoms with E-state index in [1.165, 1.54) is 11.8 Å². The highest BCUT2D eigenvalue weighted by Crippen LogP contribution is 2.36. The van der Waals surface area contributed by atoms with Gasteiger partial charge in [0.2, 0.25) is 0 Å². The molecule has 0 aliphatic carbocycles. The zero-order chi connectivity index (χ0) is 26.8. The summed E-state index contributed by atoms with van der Waals surface area (Å²) in [5.74, 6) is -0.946. The number of aromatic nitrogens is 4. The van der Waals surface area contributed by atoms with E-state index >= 15 is 0 Å². The van der Waals surface area contributed by atoms with Crippen LogP contribution in [-0.4, -0.2) is 56.5 Å². The molecule has 1 fully saturated rings. The molecule has 4 aromatic rings. The maximum absolute atomic E-state index is 13.0. The Hall–Kier alpha value is -3.28. The Morgan fingerprint density at radius 1 is 1.03 bits per heavy atom. The van der Waals surface area contributed by atoms with E-state index in [0.717, 1.165) is 16.2 Å². The number of imidazole rings is 1. The van der Waals surface area contributed by atoms with Gasteiger partial charge in [0.25, 0.3) is 0 Å². The number of ether oxygens (including phenoxy) is 3. The van der Waals surface area contributed by atoms with E-state index in [9.17, 15) is 9.59 Å². The highest BCUT2D eigenvalue weighted by Gasteiger charge is 2.41. The summed E-state index contributed by atoms with van der Waals surface area (Å²) >= 11 is 4.79. The number of hydrogen-bond donors (Lipinski definition) is 0. The van der Waals surface area contributed by atoms with Gasteiger partial charge in [0.1, 0.15) is 35.6 Å². The molecule has 2 aromatic carbocycles. The van der Waals surface area contributed by atoms with Crippen molar-refractivity contribution in [2.24, 2.45) is 0 Å². The highest BCUT2D eigenvalue weighted by molar-refractivity contribution is 9.10. The smallest absolute Gasteiger partial charge is 0.338 e. The van der Waals surface area contributed by atoms with E-state index in [1.54, 1.807) is 30.6 Å². The number of esters is 2. The zero-order valence-corrected chi connectivity index (χ0v) is 23.4. The van der Waals surface area contributed by atoms with Crippen LogP contribution in [0, 0.1) is 13.8 Å². The third kappa shape index (κ3) is 5.59. The summed E-state index contributed by atoms with van der Waals surface area (Å²) in [6.07, 6.45) is 2.01. The molecule has 5 rings (SSSR count). The van der Waals surface area contributed by atoms with Gasteiger partial charge in [-0.15, -0.1) is 11.8 Å². The van der Waals surface area contributed by atoms with Crippen LogP contribution in [0.25, 0.3) is 11.2 Å². The molecule has 0 amide bonds. The van der Waals surface area contributed by atoms with Crippen molar-refractivity contribution in [3.8, 4) is 0 Å². The zero-order valence-electron chi connectivity index (χ0n) is 21.0. The Labute approximate surface area is 232 Å². The number of thioether (sulfide) groups is 1. The third-order valence-electron chi connectivity index (χ3n) is 6.26. The molecule has 3 heterocycles. The molecule has 0 radical (unpaired) electrons. The fourth-order valence-corrected chi connectivity index (χ4v) is 5.25. The Bertz CT molecular complexity index is 1480.